The molecule has 1 amide bonds. The van der Waals surface area contributed by atoms with Crippen LogP contribution < -0.4 is 5.32 Å². The second kappa shape index (κ2) is 6.75. The van der Waals surface area contributed by atoms with Gasteiger partial charge in [0.15, 0.2) is 0 Å². The lowest BCUT2D eigenvalue weighted by Crippen LogP contribution is -2.48. The second-order valence-electron chi connectivity index (χ2n) is 5.80. The molecule has 0 unspecified atom stereocenters. The number of carbonyl (C=O) groups excluding carboxylic acids is 1. The van der Waals surface area contributed by atoms with E-state index >= 15 is 0 Å². The molecule has 1 aliphatic rings. The lowest BCUT2D eigenvalue weighted by Gasteiger charge is -2.35. The highest BCUT2D eigenvalue weighted by Crippen LogP contribution is 2.17. The summed E-state index contributed by atoms with van der Waals surface area (Å²) >= 11 is 0. The van der Waals surface area contributed by atoms with Gasteiger partial charge in [-0.15, -0.1) is 0 Å². The Morgan fingerprint density at radius 2 is 1.89 bits per heavy atom. The fourth-order valence-electron chi connectivity index (χ4n) is 2.08. The number of hydrogen-bond acceptors (Lipinski definition) is 4. The lowest BCUT2D eigenvalue weighted by atomic mass is 10.0. The number of ether oxygens (including phenoxy) is 1. The molecule has 0 aliphatic carbocycles. The zero-order valence-electron chi connectivity index (χ0n) is 11.9. The molecule has 0 aromatic rings. The molecule has 2 N–H and O–H groups in total. The zero-order chi connectivity index (χ0) is 14.5. The number of piperidine rings is 1. The third kappa shape index (κ3) is 5.92. The summed E-state index contributed by atoms with van der Waals surface area (Å²) in [6.07, 6.45) is 1.20. The Kier molecular flexibility index (Phi) is 5.60. The summed E-state index contributed by atoms with van der Waals surface area (Å²) in [5.41, 5.74) is -0.564. The smallest absolute Gasteiger partial charge is 0.410 e. The molecule has 1 fully saturated rings. The highest BCUT2D eigenvalue weighted by Gasteiger charge is 2.29. The van der Waals surface area contributed by atoms with E-state index in [4.69, 9.17) is 9.84 Å². The molecule has 0 aromatic carbocycles. The van der Waals surface area contributed by atoms with Crippen molar-refractivity contribution in [1.82, 2.24) is 10.2 Å². The van der Waals surface area contributed by atoms with E-state index in [1.807, 2.05) is 20.8 Å². The van der Waals surface area contributed by atoms with E-state index < -0.39 is 17.7 Å². The minimum atomic E-state index is -0.900. The molecule has 1 aliphatic heterocycles. The highest BCUT2D eigenvalue weighted by atomic mass is 16.6. The van der Waals surface area contributed by atoms with Gasteiger partial charge in [-0.2, -0.15) is 0 Å². The Morgan fingerprint density at radius 3 is 2.37 bits per heavy atom. The molecule has 1 rings (SSSR count). The van der Waals surface area contributed by atoms with Gasteiger partial charge in [0.05, 0.1) is 6.42 Å². The molecule has 0 bridgehead atoms. The van der Waals surface area contributed by atoms with E-state index in [0.29, 0.717) is 0 Å². The first kappa shape index (κ1) is 15.8. The summed E-state index contributed by atoms with van der Waals surface area (Å²) in [5, 5.41) is 12.0. The van der Waals surface area contributed by atoms with E-state index in [-0.39, 0.29) is 19.0 Å². The van der Waals surface area contributed by atoms with Crippen molar-refractivity contribution in [2.45, 2.75) is 51.7 Å². The van der Waals surface area contributed by atoms with Gasteiger partial charge < -0.3 is 20.1 Å². The Balaban J connectivity index is 2.66. The molecule has 1 heterocycles. The van der Waals surface area contributed by atoms with Crippen molar-refractivity contribution in [1.29, 1.82) is 0 Å². The first-order valence-corrected chi connectivity index (χ1v) is 6.72. The Labute approximate surface area is 114 Å². The van der Waals surface area contributed by atoms with Crippen LogP contribution in [0.4, 0.5) is 4.79 Å². The molecule has 0 atom stereocenters. The van der Waals surface area contributed by atoms with Crippen LogP contribution in [-0.2, 0) is 9.53 Å². The first-order chi connectivity index (χ1) is 8.79. The fourth-order valence-corrected chi connectivity index (χ4v) is 2.08. The summed E-state index contributed by atoms with van der Waals surface area (Å²) in [7, 11) is 0. The van der Waals surface area contributed by atoms with Crippen LogP contribution in [0.3, 0.4) is 0 Å². The van der Waals surface area contributed by atoms with E-state index in [9.17, 15) is 9.59 Å². The largest absolute Gasteiger partial charge is 0.481 e. The van der Waals surface area contributed by atoms with Gasteiger partial charge in [0.1, 0.15) is 5.60 Å². The normalized spacial score (nSPS) is 17.0. The fraction of sp³-hybridized carbons (Fsp3) is 0.846. The van der Waals surface area contributed by atoms with Crippen LogP contribution in [0.25, 0.3) is 0 Å². The molecule has 110 valence electrons. The number of rotatable bonds is 4. The predicted octanol–water partition coefficient (Wildman–Crippen LogP) is 1.45. The molecular weight excluding hydrogens is 248 g/mol. The van der Waals surface area contributed by atoms with Crippen molar-refractivity contribution in [3.05, 3.63) is 0 Å². The van der Waals surface area contributed by atoms with Crippen molar-refractivity contribution in [2.24, 2.45) is 0 Å². The number of carbonyl (C=O) groups is 2. The maximum atomic E-state index is 12.2. The lowest BCUT2D eigenvalue weighted by molar-refractivity contribution is -0.137. The summed E-state index contributed by atoms with van der Waals surface area (Å²) in [5.74, 6) is -0.900. The van der Waals surface area contributed by atoms with Crippen LogP contribution in [0.5, 0.6) is 0 Å². The number of nitrogens with one attached hydrogen (secondary N) is 1. The number of carboxylic acid groups (broad SMARTS) is 1. The third-order valence-corrected chi connectivity index (χ3v) is 2.94. The molecule has 0 aromatic heterocycles. The van der Waals surface area contributed by atoms with Crippen LogP contribution in [0, 0.1) is 0 Å². The van der Waals surface area contributed by atoms with Gasteiger partial charge >= 0.3 is 12.1 Å². The summed E-state index contributed by atoms with van der Waals surface area (Å²) in [6, 6.07) is 0.0652. The Bertz CT molecular complexity index is 319. The van der Waals surface area contributed by atoms with Crippen LogP contribution in [0.2, 0.25) is 0 Å². The molecule has 0 radical (unpaired) electrons. The van der Waals surface area contributed by atoms with E-state index in [1.54, 1.807) is 4.90 Å². The van der Waals surface area contributed by atoms with E-state index in [2.05, 4.69) is 5.32 Å². The van der Waals surface area contributed by atoms with Crippen LogP contribution >= 0.6 is 0 Å². The summed E-state index contributed by atoms with van der Waals surface area (Å²) < 4.78 is 5.36. The van der Waals surface area contributed by atoms with Gasteiger partial charge in [0.2, 0.25) is 0 Å². The van der Waals surface area contributed by atoms with Crippen molar-refractivity contribution < 1.29 is 19.4 Å². The SMILES string of the molecule is CC(C)(C)OC(=O)N(CCC(=O)O)C1CCNCC1. The molecule has 1 saturated heterocycles. The molecule has 6 nitrogen and oxygen atoms in total. The number of nitrogens with zero attached hydrogens (tertiary/aromatic N) is 1. The van der Waals surface area contributed by atoms with Gasteiger partial charge in [-0.3, -0.25) is 4.79 Å². The van der Waals surface area contributed by atoms with E-state index in [0.717, 1.165) is 25.9 Å². The number of amides is 1. The van der Waals surface area contributed by atoms with Crippen LogP contribution in [0.15, 0.2) is 0 Å². The van der Waals surface area contributed by atoms with Crippen LogP contribution in [0.1, 0.15) is 40.0 Å². The minimum Gasteiger partial charge on any atom is -0.481 e. The maximum absolute atomic E-state index is 12.2. The van der Waals surface area contributed by atoms with Crippen molar-refractivity contribution in [3.8, 4) is 0 Å². The van der Waals surface area contributed by atoms with Crippen molar-refractivity contribution in [3.63, 3.8) is 0 Å². The average molecular weight is 272 g/mol. The molecule has 6 heteroatoms. The number of carboxylic acids is 1. The minimum absolute atomic E-state index is 0.0524. The van der Waals surface area contributed by atoms with E-state index in [1.165, 1.54) is 0 Å². The first-order valence-electron chi connectivity index (χ1n) is 6.72. The Hall–Kier alpha value is -1.30. The van der Waals surface area contributed by atoms with Crippen molar-refractivity contribution in [2.75, 3.05) is 19.6 Å². The van der Waals surface area contributed by atoms with Gasteiger partial charge in [0.25, 0.3) is 0 Å². The number of aliphatic carboxylic acids is 1. The van der Waals surface area contributed by atoms with Gasteiger partial charge in [-0.1, -0.05) is 0 Å². The van der Waals surface area contributed by atoms with Gasteiger partial charge in [-0.05, 0) is 46.7 Å². The quantitative estimate of drug-likeness (QED) is 0.810. The van der Waals surface area contributed by atoms with Gasteiger partial charge in [0, 0.05) is 12.6 Å². The van der Waals surface area contributed by atoms with Crippen LogP contribution in [-0.4, -0.2) is 53.3 Å². The Morgan fingerprint density at radius 1 is 1.32 bits per heavy atom. The maximum Gasteiger partial charge on any atom is 0.410 e. The summed E-state index contributed by atoms with van der Waals surface area (Å²) in [6.45, 7) is 7.32. The summed E-state index contributed by atoms with van der Waals surface area (Å²) in [4.78, 5) is 24.4. The monoisotopic (exact) mass is 272 g/mol. The topological polar surface area (TPSA) is 78.9 Å². The molecule has 19 heavy (non-hydrogen) atoms. The number of hydrogen-bond donors (Lipinski definition) is 2. The third-order valence-electron chi connectivity index (χ3n) is 2.94. The van der Waals surface area contributed by atoms with Gasteiger partial charge in [-0.25, -0.2) is 4.79 Å². The molecule has 0 spiro atoms. The highest BCUT2D eigenvalue weighted by molar-refractivity contribution is 5.71. The standard InChI is InChI=1S/C13H24N2O4/c1-13(2,3)19-12(18)15(9-6-11(16)17)10-4-7-14-8-5-10/h10,14H,4-9H2,1-3H3,(H,16,17). The predicted molar refractivity (Wildman–Crippen MR) is 71.1 cm³/mol. The zero-order valence-corrected chi connectivity index (χ0v) is 11.9. The molecule has 0 saturated carbocycles. The second-order valence-corrected chi connectivity index (χ2v) is 5.80. The molecular formula is C13H24N2O4. The average Bonchev–Trinajstić information content (AvgIpc) is 2.27. The van der Waals surface area contributed by atoms with Crippen molar-refractivity contribution >= 4 is 12.1 Å².